The fourth-order valence-electron chi connectivity index (χ4n) is 3.60. The van der Waals surface area contributed by atoms with Crippen molar-refractivity contribution in [2.24, 2.45) is 0 Å². The van der Waals surface area contributed by atoms with Gasteiger partial charge in [-0.1, -0.05) is 18.2 Å². The monoisotopic (exact) mass is 433 g/mol. The smallest absolute Gasteiger partial charge is 0.271 e. The van der Waals surface area contributed by atoms with Gasteiger partial charge in [-0.05, 0) is 50.2 Å². The van der Waals surface area contributed by atoms with Gasteiger partial charge in [-0.25, -0.2) is 9.37 Å². The molecule has 0 aliphatic carbocycles. The average molecular weight is 433 g/mol. The number of carbonyl (C=O) groups excluding carboxylic acids is 2. The third kappa shape index (κ3) is 4.00. The van der Waals surface area contributed by atoms with E-state index in [0.717, 1.165) is 27.7 Å². The Kier molecular flexibility index (Phi) is 5.55. The standard InChI is InChI=1S/C23H20FN5O3/c1-14-10-18(15(2)29(14)17-6-4-3-5-7-17)22(31)27-26-21(30)12-28-13-25-20-9-8-16(24)11-19(20)23(28)32/h3-11,13H,12H2,1-2H3,(H,26,30)(H,27,31). The largest absolute Gasteiger partial charge is 0.318 e. The molecular formula is C23H20FN5O3. The number of para-hydroxylation sites is 1. The van der Waals surface area contributed by atoms with Gasteiger partial charge in [0.15, 0.2) is 0 Å². The van der Waals surface area contributed by atoms with Crippen LogP contribution < -0.4 is 16.4 Å². The van der Waals surface area contributed by atoms with E-state index >= 15 is 0 Å². The van der Waals surface area contributed by atoms with Gasteiger partial charge in [0.2, 0.25) is 0 Å². The molecule has 4 aromatic rings. The average Bonchev–Trinajstić information content (AvgIpc) is 3.09. The van der Waals surface area contributed by atoms with Crippen LogP contribution >= 0.6 is 0 Å². The van der Waals surface area contributed by atoms with Crippen LogP contribution in [-0.4, -0.2) is 25.9 Å². The zero-order valence-corrected chi connectivity index (χ0v) is 17.4. The van der Waals surface area contributed by atoms with Gasteiger partial charge >= 0.3 is 0 Å². The van der Waals surface area contributed by atoms with Crippen molar-refractivity contribution >= 4 is 22.7 Å². The van der Waals surface area contributed by atoms with E-state index in [0.29, 0.717) is 11.1 Å². The molecule has 2 N–H and O–H groups in total. The summed E-state index contributed by atoms with van der Waals surface area (Å²) in [6.07, 6.45) is 1.21. The van der Waals surface area contributed by atoms with Crippen LogP contribution in [0.25, 0.3) is 16.6 Å². The molecule has 2 heterocycles. The third-order valence-corrected chi connectivity index (χ3v) is 5.11. The molecule has 0 saturated heterocycles. The predicted molar refractivity (Wildman–Crippen MR) is 117 cm³/mol. The van der Waals surface area contributed by atoms with Gasteiger partial charge in [0.1, 0.15) is 12.4 Å². The maximum Gasteiger partial charge on any atom is 0.271 e. The van der Waals surface area contributed by atoms with Crippen molar-refractivity contribution in [1.29, 1.82) is 0 Å². The van der Waals surface area contributed by atoms with Crippen molar-refractivity contribution in [2.75, 3.05) is 0 Å². The van der Waals surface area contributed by atoms with Crippen LogP contribution in [0.1, 0.15) is 21.7 Å². The van der Waals surface area contributed by atoms with E-state index in [9.17, 15) is 18.8 Å². The fraction of sp³-hybridized carbons (Fsp3) is 0.130. The van der Waals surface area contributed by atoms with Crippen molar-refractivity contribution in [1.82, 2.24) is 25.0 Å². The van der Waals surface area contributed by atoms with E-state index in [4.69, 9.17) is 0 Å². The highest BCUT2D eigenvalue weighted by atomic mass is 19.1. The number of rotatable bonds is 4. The molecule has 2 aromatic heterocycles. The lowest BCUT2D eigenvalue weighted by Gasteiger charge is -2.11. The van der Waals surface area contributed by atoms with Crippen LogP contribution in [-0.2, 0) is 11.3 Å². The molecule has 162 valence electrons. The Morgan fingerprint density at radius 3 is 2.53 bits per heavy atom. The van der Waals surface area contributed by atoms with Gasteiger partial charge in [-0.15, -0.1) is 0 Å². The second kappa shape index (κ2) is 8.46. The summed E-state index contributed by atoms with van der Waals surface area (Å²) < 4.78 is 16.4. The molecule has 32 heavy (non-hydrogen) atoms. The lowest BCUT2D eigenvalue weighted by molar-refractivity contribution is -0.122. The number of fused-ring (bicyclic) bond motifs is 1. The first kappa shape index (κ1) is 21.0. The molecule has 0 aliphatic rings. The minimum atomic E-state index is -0.630. The minimum absolute atomic E-state index is 0.0673. The number of carbonyl (C=O) groups is 2. The quantitative estimate of drug-likeness (QED) is 0.483. The van der Waals surface area contributed by atoms with Crippen molar-refractivity contribution in [3.8, 4) is 5.69 Å². The maximum absolute atomic E-state index is 13.4. The molecular weight excluding hydrogens is 413 g/mol. The Labute approximate surface area is 182 Å². The van der Waals surface area contributed by atoms with Gasteiger partial charge in [0, 0.05) is 17.1 Å². The van der Waals surface area contributed by atoms with Gasteiger partial charge in [-0.2, -0.15) is 0 Å². The highest BCUT2D eigenvalue weighted by Gasteiger charge is 2.17. The van der Waals surface area contributed by atoms with Crippen molar-refractivity contribution < 1.29 is 14.0 Å². The highest BCUT2D eigenvalue weighted by molar-refractivity contribution is 5.97. The number of halogens is 1. The molecule has 0 saturated carbocycles. The first-order valence-corrected chi connectivity index (χ1v) is 9.83. The number of benzene rings is 2. The summed E-state index contributed by atoms with van der Waals surface area (Å²) in [7, 11) is 0. The summed E-state index contributed by atoms with van der Waals surface area (Å²) in [6, 6.07) is 15.0. The predicted octanol–water partition coefficient (Wildman–Crippen LogP) is 2.40. The number of amides is 2. The molecule has 0 unspecified atom stereocenters. The van der Waals surface area contributed by atoms with Crippen LogP contribution in [0.15, 0.2) is 65.7 Å². The summed E-state index contributed by atoms with van der Waals surface area (Å²) in [5.41, 5.74) is 7.37. The van der Waals surface area contributed by atoms with Gasteiger partial charge < -0.3 is 4.57 Å². The number of hydrogen-bond donors (Lipinski definition) is 2. The molecule has 2 amide bonds. The lowest BCUT2D eigenvalue weighted by Crippen LogP contribution is -2.44. The number of hydrogen-bond acceptors (Lipinski definition) is 4. The number of nitrogens with zero attached hydrogens (tertiary/aromatic N) is 3. The fourth-order valence-corrected chi connectivity index (χ4v) is 3.60. The molecule has 0 spiro atoms. The van der Waals surface area contributed by atoms with E-state index < -0.39 is 23.2 Å². The van der Waals surface area contributed by atoms with Crippen LogP contribution in [0.2, 0.25) is 0 Å². The lowest BCUT2D eigenvalue weighted by atomic mass is 10.2. The van der Waals surface area contributed by atoms with E-state index in [2.05, 4.69) is 15.8 Å². The molecule has 8 nitrogen and oxygen atoms in total. The maximum atomic E-state index is 13.4. The van der Waals surface area contributed by atoms with Gasteiger partial charge in [0.25, 0.3) is 17.4 Å². The molecule has 2 aromatic carbocycles. The van der Waals surface area contributed by atoms with Crippen LogP contribution in [0, 0.1) is 19.7 Å². The number of nitrogens with one attached hydrogen (secondary N) is 2. The number of aryl methyl sites for hydroxylation is 1. The van der Waals surface area contributed by atoms with Crippen molar-refractivity contribution in [2.45, 2.75) is 20.4 Å². The minimum Gasteiger partial charge on any atom is -0.318 e. The first-order chi connectivity index (χ1) is 15.3. The number of hydrazine groups is 1. The summed E-state index contributed by atoms with van der Waals surface area (Å²) in [5.74, 6) is -1.69. The molecule has 0 radical (unpaired) electrons. The van der Waals surface area contributed by atoms with Crippen LogP contribution in [0.5, 0.6) is 0 Å². The summed E-state index contributed by atoms with van der Waals surface area (Å²) in [4.78, 5) is 41.5. The van der Waals surface area contributed by atoms with Gasteiger partial charge in [-0.3, -0.25) is 29.8 Å². The second-order valence-electron chi connectivity index (χ2n) is 7.30. The molecule has 0 fully saturated rings. The molecule has 4 rings (SSSR count). The summed E-state index contributed by atoms with van der Waals surface area (Å²) in [5, 5.41) is 0.0673. The molecule has 0 atom stereocenters. The van der Waals surface area contributed by atoms with E-state index in [1.807, 2.05) is 48.7 Å². The topological polar surface area (TPSA) is 98.0 Å². The van der Waals surface area contributed by atoms with Crippen molar-refractivity contribution in [3.63, 3.8) is 0 Å². The highest BCUT2D eigenvalue weighted by Crippen LogP contribution is 2.20. The van der Waals surface area contributed by atoms with Crippen LogP contribution in [0.3, 0.4) is 0 Å². The third-order valence-electron chi connectivity index (χ3n) is 5.11. The summed E-state index contributed by atoms with van der Waals surface area (Å²) in [6.45, 7) is 3.31. The Morgan fingerprint density at radius 1 is 1.03 bits per heavy atom. The van der Waals surface area contributed by atoms with E-state index in [-0.39, 0.29) is 11.9 Å². The Morgan fingerprint density at radius 2 is 1.78 bits per heavy atom. The first-order valence-electron chi connectivity index (χ1n) is 9.83. The second-order valence-corrected chi connectivity index (χ2v) is 7.30. The molecule has 0 aliphatic heterocycles. The Hall–Kier alpha value is -4.27. The van der Waals surface area contributed by atoms with E-state index in [1.165, 1.54) is 18.5 Å². The van der Waals surface area contributed by atoms with Crippen molar-refractivity contribution in [3.05, 3.63) is 94.0 Å². The zero-order valence-electron chi connectivity index (χ0n) is 17.4. The normalized spacial score (nSPS) is 10.8. The van der Waals surface area contributed by atoms with E-state index in [1.54, 1.807) is 6.07 Å². The SMILES string of the molecule is Cc1cc(C(=O)NNC(=O)Cn2cnc3ccc(F)cc3c2=O)c(C)n1-c1ccccc1. The number of aromatic nitrogens is 3. The van der Waals surface area contributed by atoms with Gasteiger partial charge in [0.05, 0.1) is 22.8 Å². The summed E-state index contributed by atoms with van der Waals surface area (Å²) >= 11 is 0. The Balaban J connectivity index is 1.46. The van der Waals surface area contributed by atoms with Crippen LogP contribution in [0.4, 0.5) is 4.39 Å². The molecule has 0 bridgehead atoms. The Bertz CT molecular complexity index is 1390. The molecule has 9 heteroatoms. The zero-order chi connectivity index (χ0) is 22.8.